The number of nitrogens with one attached hydrogen (secondary N) is 2. The fourth-order valence-corrected chi connectivity index (χ4v) is 3.51. The molecule has 26 heavy (non-hydrogen) atoms. The van der Waals surface area contributed by atoms with Gasteiger partial charge in [-0.3, -0.25) is 4.72 Å². The maximum absolute atomic E-state index is 12.3. The molecule has 0 aliphatic rings. The summed E-state index contributed by atoms with van der Waals surface area (Å²) in [5.74, 6) is 0.251. The monoisotopic (exact) mass is 387 g/mol. The molecule has 0 saturated heterocycles. The SMILES string of the molecule is Cc1ccccc1CNc1ccc(NS(=O)(=O)c2ccc(Cl)cc2)nc1. The summed E-state index contributed by atoms with van der Waals surface area (Å²) in [5, 5.41) is 3.75. The molecule has 7 heteroatoms. The number of nitrogens with zero attached hydrogens (tertiary/aromatic N) is 1. The number of rotatable bonds is 6. The second-order valence-electron chi connectivity index (χ2n) is 5.77. The molecule has 0 aliphatic carbocycles. The number of halogens is 1. The van der Waals surface area contributed by atoms with E-state index >= 15 is 0 Å². The molecule has 3 rings (SSSR count). The van der Waals surface area contributed by atoms with Crippen LogP contribution in [-0.2, 0) is 16.6 Å². The van der Waals surface area contributed by atoms with Gasteiger partial charge in [0.05, 0.1) is 16.8 Å². The van der Waals surface area contributed by atoms with E-state index < -0.39 is 10.0 Å². The van der Waals surface area contributed by atoms with Gasteiger partial charge in [0.25, 0.3) is 10.0 Å². The lowest BCUT2D eigenvalue weighted by Gasteiger charge is -2.10. The Bertz CT molecular complexity index is 988. The average Bonchev–Trinajstić information content (AvgIpc) is 2.62. The van der Waals surface area contributed by atoms with Gasteiger partial charge in [-0.1, -0.05) is 35.9 Å². The minimum atomic E-state index is -3.70. The van der Waals surface area contributed by atoms with Crippen LogP contribution >= 0.6 is 11.6 Å². The summed E-state index contributed by atoms with van der Waals surface area (Å²) < 4.78 is 27.1. The highest BCUT2D eigenvalue weighted by atomic mass is 35.5. The first-order valence-corrected chi connectivity index (χ1v) is 9.83. The van der Waals surface area contributed by atoms with Crippen molar-refractivity contribution in [2.24, 2.45) is 0 Å². The number of benzene rings is 2. The van der Waals surface area contributed by atoms with E-state index in [0.717, 1.165) is 5.69 Å². The number of aromatic nitrogens is 1. The van der Waals surface area contributed by atoms with Crippen molar-refractivity contribution in [3.05, 3.63) is 83.0 Å². The number of anilines is 2. The first kappa shape index (κ1) is 18.2. The molecule has 3 aromatic rings. The molecular formula is C19H18ClN3O2S. The number of aryl methyl sites for hydroxylation is 1. The first-order chi connectivity index (χ1) is 12.4. The molecule has 1 heterocycles. The van der Waals surface area contributed by atoms with Crippen LogP contribution in [0.5, 0.6) is 0 Å². The normalized spacial score (nSPS) is 11.2. The second-order valence-corrected chi connectivity index (χ2v) is 7.89. The Morgan fingerprint density at radius 1 is 1.00 bits per heavy atom. The van der Waals surface area contributed by atoms with Crippen LogP contribution in [0.1, 0.15) is 11.1 Å². The van der Waals surface area contributed by atoms with E-state index in [9.17, 15) is 8.42 Å². The zero-order valence-electron chi connectivity index (χ0n) is 14.1. The molecule has 0 amide bonds. The highest BCUT2D eigenvalue weighted by molar-refractivity contribution is 7.92. The van der Waals surface area contributed by atoms with Gasteiger partial charge in [-0.2, -0.15) is 0 Å². The maximum atomic E-state index is 12.3. The molecule has 0 bridgehead atoms. The van der Waals surface area contributed by atoms with Gasteiger partial charge < -0.3 is 5.32 Å². The smallest absolute Gasteiger partial charge is 0.263 e. The molecule has 0 saturated carbocycles. The largest absolute Gasteiger partial charge is 0.380 e. The molecule has 2 aromatic carbocycles. The average molecular weight is 388 g/mol. The van der Waals surface area contributed by atoms with E-state index in [2.05, 4.69) is 34.1 Å². The van der Waals surface area contributed by atoms with Gasteiger partial charge in [-0.25, -0.2) is 13.4 Å². The molecule has 2 N–H and O–H groups in total. The van der Waals surface area contributed by atoms with Gasteiger partial charge in [0.15, 0.2) is 0 Å². The highest BCUT2D eigenvalue weighted by Gasteiger charge is 2.14. The fraction of sp³-hybridized carbons (Fsp3) is 0.105. The van der Waals surface area contributed by atoms with Crippen LogP contribution < -0.4 is 10.0 Å². The van der Waals surface area contributed by atoms with E-state index in [1.807, 2.05) is 12.1 Å². The number of sulfonamides is 1. The molecular weight excluding hydrogens is 370 g/mol. The van der Waals surface area contributed by atoms with E-state index in [1.54, 1.807) is 18.3 Å². The fourth-order valence-electron chi connectivity index (χ4n) is 2.37. The minimum absolute atomic E-state index is 0.130. The van der Waals surface area contributed by atoms with E-state index in [1.165, 1.54) is 35.4 Å². The minimum Gasteiger partial charge on any atom is -0.380 e. The van der Waals surface area contributed by atoms with Crippen LogP contribution in [0.15, 0.2) is 71.8 Å². The quantitative estimate of drug-likeness (QED) is 0.655. The number of pyridine rings is 1. The first-order valence-electron chi connectivity index (χ1n) is 7.97. The zero-order valence-corrected chi connectivity index (χ0v) is 15.7. The topological polar surface area (TPSA) is 71.1 Å². The standard InChI is InChI=1S/C19H18ClN3O2S/c1-14-4-2-3-5-15(14)12-21-17-8-11-19(22-13-17)23-26(24,25)18-9-6-16(20)7-10-18/h2-11,13,21H,12H2,1H3,(H,22,23). The Balaban J connectivity index is 1.66. The van der Waals surface area contributed by atoms with Crippen LogP contribution in [0.4, 0.5) is 11.5 Å². The third kappa shape index (κ3) is 4.53. The third-order valence-electron chi connectivity index (χ3n) is 3.87. The number of hydrogen-bond acceptors (Lipinski definition) is 4. The summed E-state index contributed by atoms with van der Waals surface area (Å²) in [5.41, 5.74) is 3.21. The zero-order chi connectivity index (χ0) is 18.6. The summed E-state index contributed by atoms with van der Waals surface area (Å²) in [7, 11) is -3.70. The van der Waals surface area contributed by atoms with Crippen LogP contribution in [-0.4, -0.2) is 13.4 Å². The van der Waals surface area contributed by atoms with E-state index in [4.69, 9.17) is 11.6 Å². The Hall–Kier alpha value is -2.57. The van der Waals surface area contributed by atoms with Crippen molar-refractivity contribution in [3.63, 3.8) is 0 Å². The van der Waals surface area contributed by atoms with E-state index in [-0.39, 0.29) is 10.7 Å². The van der Waals surface area contributed by atoms with Gasteiger partial charge in [0.2, 0.25) is 0 Å². The van der Waals surface area contributed by atoms with Gasteiger partial charge in [-0.15, -0.1) is 0 Å². The van der Waals surface area contributed by atoms with Crippen molar-refractivity contribution < 1.29 is 8.42 Å². The summed E-state index contributed by atoms with van der Waals surface area (Å²) in [6, 6.07) is 17.5. The van der Waals surface area contributed by atoms with Crippen molar-refractivity contribution >= 4 is 33.1 Å². The molecule has 0 spiro atoms. The van der Waals surface area contributed by atoms with Crippen LogP contribution in [0, 0.1) is 6.92 Å². The molecule has 0 unspecified atom stereocenters. The van der Waals surface area contributed by atoms with Crippen molar-refractivity contribution in [1.29, 1.82) is 0 Å². The molecule has 0 aliphatic heterocycles. The van der Waals surface area contributed by atoms with Crippen molar-refractivity contribution in [2.45, 2.75) is 18.4 Å². The second kappa shape index (κ2) is 7.76. The van der Waals surface area contributed by atoms with E-state index in [0.29, 0.717) is 11.6 Å². The maximum Gasteiger partial charge on any atom is 0.263 e. The Morgan fingerprint density at radius 2 is 1.73 bits per heavy atom. The Labute approximate surface area is 158 Å². The Kier molecular flexibility index (Phi) is 5.44. The summed E-state index contributed by atoms with van der Waals surface area (Å²) in [6.45, 7) is 2.73. The summed E-state index contributed by atoms with van der Waals surface area (Å²) in [4.78, 5) is 4.29. The van der Waals surface area contributed by atoms with Gasteiger partial charge in [0.1, 0.15) is 5.82 Å². The van der Waals surface area contributed by atoms with Crippen LogP contribution in [0.2, 0.25) is 5.02 Å². The third-order valence-corrected chi connectivity index (χ3v) is 5.49. The predicted octanol–water partition coefficient (Wildman–Crippen LogP) is 4.46. The molecule has 1 aromatic heterocycles. The van der Waals surface area contributed by atoms with Crippen LogP contribution in [0.25, 0.3) is 0 Å². The lowest BCUT2D eigenvalue weighted by atomic mass is 10.1. The van der Waals surface area contributed by atoms with Crippen molar-refractivity contribution in [1.82, 2.24) is 4.98 Å². The van der Waals surface area contributed by atoms with Crippen molar-refractivity contribution in [3.8, 4) is 0 Å². The van der Waals surface area contributed by atoms with Gasteiger partial charge in [-0.05, 0) is 54.4 Å². The molecule has 0 radical (unpaired) electrons. The summed E-state index contributed by atoms with van der Waals surface area (Å²) >= 11 is 5.79. The molecule has 0 fully saturated rings. The predicted molar refractivity (Wildman–Crippen MR) is 105 cm³/mol. The van der Waals surface area contributed by atoms with Gasteiger partial charge in [0, 0.05) is 11.6 Å². The lowest BCUT2D eigenvalue weighted by Crippen LogP contribution is -2.13. The van der Waals surface area contributed by atoms with Crippen LogP contribution in [0.3, 0.4) is 0 Å². The molecule has 5 nitrogen and oxygen atoms in total. The molecule has 134 valence electrons. The summed E-state index contributed by atoms with van der Waals surface area (Å²) in [6.07, 6.45) is 1.60. The highest BCUT2D eigenvalue weighted by Crippen LogP contribution is 2.18. The Morgan fingerprint density at radius 3 is 2.38 bits per heavy atom. The lowest BCUT2D eigenvalue weighted by molar-refractivity contribution is 0.601. The van der Waals surface area contributed by atoms with Gasteiger partial charge >= 0.3 is 0 Å². The van der Waals surface area contributed by atoms with Crippen molar-refractivity contribution in [2.75, 3.05) is 10.0 Å². The number of hydrogen-bond donors (Lipinski definition) is 2. The molecule has 0 atom stereocenters.